The molecule has 92 valence electrons. The molecule has 0 radical (unpaired) electrons. The molecule has 2 aromatic heterocycles. The first kappa shape index (κ1) is 11.7. The Morgan fingerprint density at radius 1 is 1.39 bits per heavy atom. The highest BCUT2D eigenvalue weighted by molar-refractivity contribution is 9.10. The van der Waals surface area contributed by atoms with Gasteiger partial charge in [0.2, 0.25) is 0 Å². The minimum Gasteiger partial charge on any atom is -0.467 e. The average molecular weight is 323 g/mol. The predicted molar refractivity (Wildman–Crippen MR) is 78.1 cm³/mol. The Morgan fingerprint density at radius 2 is 2.28 bits per heavy atom. The van der Waals surface area contributed by atoms with E-state index in [-0.39, 0.29) is 6.04 Å². The lowest BCUT2D eigenvalue weighted by Gasteiger charge is -2.08. The molecule has 0 fully saturated rings. The molecule has 1 unspecified atom stereocenters. The van der Waals surface area contributed by atoms with Crippen molar-refractivity contribution in [2.24, 2.45) is 0 Å². The number of furan rings is 1. The molecule has 3 aromatic rings. The Kier molecular flexibility index (Phi) is 3.09. The maximum absolute atomic E-state index is 5.37. The lowest BCUT2D eigenvalue weighted by molar-refractivity contribution is 0.490. The number of halogens is 1. The fourth-order valence-electron chi connectivity index (χ4n) is 1.75. The SMILES string of the molecule is CC(Nc1nc2ccc(Br)cc2s1)c1ccco1. The van der Waals surface area contributed by atoms with E-state index in [0.29, 0.717) is 0 Å². The molecule has 1 N–H and O–H groups in total. The van der Waals surface area contributed by atoms with E-state index in [1.54, 1.807) is 17.6 Å². The number of nitrogens with zero attached hydrogens (tertiary/aromatic N) is 1. The van der Waals surface area contributed by atoms with Crippen LogP contribution in [0.3, 0.4) is 0 Å². The van der Waals surface area contributed by atoms with Gasteiger partial charge in [0, 0.05) is 4.47 Å². The van der Waals surface area contributed by atoms with Gasteiger partial charge in [-0.2, -0.15) is 0 Å². The van der Waals surface area contributed by atoms with Gasteiger partial charge in [-0.15, -0.1) is 0 Å². The van der Waals surface area contributed by atoms with Crippen molar-refractivity contribution in [2.45, 2.75) is 13.0 Å². The van der Waals surface area contributed by atoms with E-state index in [2.05, 4.69) is 39.2 Å². The molecule has 3 nitrogen and oxygen atoms in total. The third-order valence-electron chi connectivity index (χ3n) is 2.66. The van der Waals surface area contributed by atoms with Gasteiger partial charge < -0.3 is 9.73 Å². The van der Waals surface area contributed by atoms with Crippen molar-refractivity contribution in [3.8, 4) is 0 Å². The van der Waals surface area contributed by atoms with Gasteiger partial charge in [-0.25, -0.2) is 4.98 Å². The summed E-state index contributed by atoms with van der Waals surface area (Å²) in [5.74, 6) is 0.912. The van der Waals surface area contributed by atoms with Crippen LogP contribution in [0.1, 0.15) is 18.7 Å². The largest absolute Gasteiger partial charge is 0.467 e. The molecular formula is C13H11BrN2OS. The molecule has 0 saturated heterocycles. The van der Waals surface area contributed by atoms with Crippen LogP contribution in [0.2, 0.25) is 0 Å². The molecule has 0 aliphatic rings. The smallest absolute Gasteiger partial charge is 0.184 e. The summed E-state index contributed by atoms with van der Waals surface area (Å²) in [6.45, 7) is 2.06. The van der Waals surface area contributed by atoms with Crippen molar-refractivity contribution in [3.63, 3.8) is 0 Å². The van der Waals surface area contributed by atoms with Crippen molar-refractivity contribution in [2.75, 3.05) is 5.32 Å². The highest BCUT2D eigenvalue weighted by Gasteiger charge is 2.11. The second kappa shape index (κ2) is 4.74. The summed E-state index contributed by atoms with van der Waals surface area (Å²) >= 11 is 5.11. The average Bonchev–Trinajstić information content (AvgIpc) is 2.95. The van der Waals surface area contributed by atoms with Gasteiger partial charge in [0.05, 0.1) is 22.5 Å². The van der Waals surface area contributed by atoms with Crippen LogP contribution in [-0.2, 0) is 0 Å². The molecule has 3 rings (SSSR count). The number of thiazole rings is 1. The van der Waals surface area contributed by atoms with Gasteiger partial charge in [-0.1, -0.05) is 27.3 Å². The monoisotopic (exact) mass is 322 g/mol. The molecule has 2 heterocycles. The Hall–Kier alpha value is -1.33. The zero-order valence-corrected chi connectivity index (χ0v) is 12.1. The molecule has 1 aromatic carbocycles. The lowest BCUT2D eigenvalue weighted by Crippen LogP contribution is -2.04. The van der Waals surface area contributed by atoms with Crippen molar-refractivity contribution in [1.29, 1.82) is 0 Å². The summed E-state index contributed by atoms with van der Waals surface area (Å²) in [6, 6.07) is 10.1. The second-order valence-corrected chi connectivity index (χ2v) is 5.96. The quantitative estimate of drug-likeness (QED) is 0.750. The van der Waals surface area contributed by atoms with Gasteiger partial charge in [0.25, 0.3) is 0 Å². The van der Waals surface area contributed by atoms with Crippen molar-refractivity contribution in [1.82, 2.24) is 4.98 Å². The van der Waals surface area contributed by atoms with E-state index in [1.807, 2.05) is 24.3 Å². The maximum Gasteiger partial charge on any atom is 0.184 e. The topological polar surface area (TPSA) is 38.1 Å². The minimum atomic E-state index is 0.115. The van der Waals surface area contributed by atoms with E-state index in [9.17, 15) is 0 Å². The highest BCUT2D eigenvalue weighted by Crippen LogP contribution is 2.30. The van der Waals surface area contributed by atoms with Crippen LogP contribution in [0.25, 0.3) is 10.2 Å². The fraction of sp³-hybridized carbons (Fsp3) is 0.154. The fourth-order valence-corrected chi connectivity index (χ4v) is 3.26. The number of anilines is 1. The number of benzene rings is 1. The maximum atomic E-state index is 5.37. The second-order valence-electron chi connectivity index (χ2n) is 4.01. The van der Waals surface area contributed by atoms with Gasteiger partial charge >= 0.3 is 0 Å². The molecule has 0 amide bonds. The number of aromatic nitrogens is 1. The lowest BCUT2D eigenvalue weighted by atomic mass is 10.3. The van der Waals surface area contributed by atoms with E-state index in [0.717, 1.165) is 20.9 Å². The first-order valence-electron chi connectivity index (χ1n) is 5.58. The van der Waals surface area contributed by atoms with Crippen molar-refractivity contribution < 1.29 is 4.42 Å². The zero-order valence-electron chi connectivity index (χ0n) is 9.68. The first-order valence-corrected chi connectivity index (χ1v) is 7.19. The van der Waals surface area contributed by atoms with Crippen LogP contribution in [0.5, 0.6) is 0 Å². The van der Waals surface area contributed by atoms with Crippen LogP contribution < -0.4 is 5.32 Å². The van der Waals surface area contributed by atoms with Gasteiger partial charge in [-0.3, -0.25) is 0 Å². The van der Waals surface area contributed by atoms with E-state index in [1.165, 1.54) is 4.70 Å². The molecule has 0 spiro atoms. The molecule has 0 aliphatic carbocycles. The van der Waals surface area contributed by atoms with E-state index >= 15 is 0 Å². The third kappa shape index (κ3) is 2.28. The van der Waals surface area contributed by atoms with Crippen LogP contribution in [-0.4, -0.2) is 4.98 Å². The van der Waals surface area contributed by atoms with Crippen LogP contribution in [0, 0.1) is 0 Å². The summed E-state index contributed by atoms with van der Waals surface area (Å²) in [7, 11) is 0. The summed E-state index contributed by atoms with van der Waals surface area (Å²) in [5, 5.41) is 4.26. The number of hydrogen-bond donors (Lipinski definition) is 1. The van der Waals surface area contributed by atoms with E-state index < -0.39 is 0 Å². The van der Waals surface area contributed by atoms with Crippen molar-refractivity contribution in [3.05, 3.63) is 46.8 Å². The van der Waals surface area contributed by atoms with Crippen LogP contribution in [0.15, 0.2) is 45.5 Å². The minimum absolute atomic E-state index is 0.115. The van der Waals surface area contributed by atoms with Crippen molar-refractivity contribution >= 4 is 42.6 Å². The zero-order chi connectivity index (χ0) is 12.5. The van der Waals surface area contributed by atoms with E-state index in [4.69, 9.17) is 4.42 Å². The number of rotatable bonds is 3. The molecule has 1 atom stereocenters. The Bertz CT molecular complexity index is 663. The molecule has 0 aliphatic heterocycles. The number of fused-ring (bicyclic) bond motifs is 1. The third-order valence-corrected chi connectivity index (χ3v) is 4.10. The predicted octanol–water partition coefficient (Wildman–Crippen LogP) is 4.82. The Morgan fingerprint density at radius 3 is 3.06 bits per heavy atom. The van der Waals surface area contributed by atoms with Gasteiger partial charge in [0.1, 0.15) is 5.76 Å². The summed E-state index contributed by atoms with van der Waals surface area (Å²) in [6.07, 6.45) is 1.68. The molecule has 0 bridgehead atoms. The standard InChI is InChI=1S/C13H11BrN2OS/c1-8(11-3-2-6-17-11)15-13-16-10-5-4-9(14)7-12(10)18-13/h2-8H,1H3,(H,15,16). The number of nitrogens with one attached hydrogen (secondary N) is 1. The summed E-state index contributed by atoms with van der Waals surface area (Å²) in [5.41, 5.74) is 1.01. The summed E-state index contributed by atoms with van der Waals surface area (Å²) in [4.78, 5) is 4.55. The van der Waals surface area contributed by atoms with Gasteiger partial charge in [-0.05, 0) is 37.3 Å². The summed E-state index contributed by atoms with van der Waals surface area (Å²) < 4.78 is 7.61. The molecule has 18 heavy (non-hydrogen) atoms. The van der Waals surface area contributed by atoms with Crippen LogP contribution in [0.4, 0.5) is 5.13 Å². The normalized spacial score (nSPS) is 12.8. The Balaban J connectivity index is 1.86. The number of hydrogen-bond acceptors (Lipinski definition) is 4. The molecule has 0 saturated carbocycles. The molecular weight excluding hydrogens is 312 g/mol. The Labute approximate surface area is 117 Å². The highest BCUT2D eigenvalue weighted by atomic mass is 79.9. The molecule has 5 heteroatoms. The van der Waals surface area contributed by atoms with Crippen LogP contribution >= 0.6 is 27.3 Å². The van der Waals surface area contributed by atoms with Gasteiger partial charge in [0.15, 0.2) is 5.13 Å². The first-order chi connectivity index (χ1) is 8.72.